The number of allylic oxidation sites excluding steroid dienone is 2. The van der Waals surface area contributed by atoms with Crippen molar-refractivity contribution in [3.63, 3.8) is 0 Å². The van der Waals surface area contributed by atoms with Crippen molar-refractivity contribution in [1.29, 1.82) is 1.43 Å². The summed E-state index contributed by atoms with van der Waals surface area (Å²) in [7, 11) is 4.81. The Kier molecular flexibility index (Phi) is 9.09. The zero-order valence-corrected chi connectivity index (χ0v) is 13.8. The molecule has 1 unspecified atom stereocenters. The first-order valence-corrected chi connectivity index (χ1v) is 8.66. The number of hydrogen-bond acceptors (Lipinski definition) is 3. The van der Waals surface area contributed by atoms with Crippen LogP contribution in [0.25, 0.3) is 0 Å². The highest BCUT2D eigenvalue weighted by Gasteiger charge is 2.31. The van der Waals surface area contributed by atoms with E-state index < -0.39 is 8.03 Å². The van der Waals surface area contributed by atoms with E-state index in [9.17, 15) is 4.79 Å². The maximum absolute atomic E-state index is 10.7. The summed E-state index contributed by atoms with van der Waals surface area (Å²) in [6, 6.07) is 0. The third-order valence-corrected chi connectivity index (χ3v) is 4.00. The van der Waals surface area contributed by atoms with E-state index in [-0.39, 0.29) is 30.0 Å². The van der Waals surface area contributed by atoms with Crippen LogP contribution in [0, 0.1) is 17.8 Å². The molecular formula is C15H26BO3P. The molecule has 0 heterocycles. The van der Waals surface area contributed by atoms with Gasteiger partial charge in [0.2, 0.25) is 1.43 Å². The van der Waals surface area contributed by atoms with Crippen LogP contribution in [0.2, 0.25) is 0 Å². The van der Waals surface area contributed by atoms with Crippen molar-refractivity contribution in [1.82, 2.24) is 0 Å². The molecule has 1 N–H and O–H groups in total. The van der Waals surface area contributed by atoms with E-state index in [1.54, 1.807) is 6.08 Å². The van der Waals surface area contributed by atoms with E-state index in [0.29, 0.717) is 6.42 Å². The van der Waals surface area contributed by atoms with E-state index in [2.05, 4.69) is 6.58 Å². The number of aliphatic hydroxyl groups is 1. The van der Waals surface area contributed by atoms with Crippen LogP contribution in [0.15, 0.2) is 24.8 Å². The Hall–Kier alpha value is -0.435. The van der Waals surface area contributed by atoms with Gasteiger partial charge in [-0.2, -0.15) is 0 Å². The molecule has 20 heavy (non-hydrogen) atoms. The Morgan fingerprint density at radius 3 is 2.60 bits per heavy atom. The molecule has 0 saturated heterocycles. The molecule has 0 bridgehead atoms. The molecule has 0 aromatic carbocycles. The summed E-state index contributed by atoms with van der Waals surface area (Å²) >= 11 is 0. The molecule has 0 aromatic rings. The minimum atomic E-state index is -1.02. The normalized spacial score (nSPS) is 21.5. The predicted octanol–water partition coefficient (Wildman–Crippen LogP) is 3.08. The molecule has 0 aliphatic rings. The summed E-state index contributed by atoms with van der Waals surface area (Å²) in [6.45, 7) is 11.4. The van der Waals surface area contributed by atoms with Crippen LogP contribution in [0.5, 0.6) is 0 Å². The van der Waals surface area contributed by atoms with E-state index in [1.807, 2.05) is 39.6 Å². The van der Waals surface area contributed by atoms with Crippen molar-refractivity contribution in [2.45, 2.75) is 39.4 Å². The van der Waals surface area contributed by atoms with E-state index in [4.69, 9.17) is 18.6 Å². The zero-order chi connectivity index (χ0) is 16.4. The van der Waals surface area contributed by atoms with Crippen molar-refractivity contribution in [2.24, 2.45) is 17.8 Å². The fourth-order valence-corrected chi connectivity index (χ4v) is 2.99. The van der Waals surface area contributed by atoms with Gasteiger partial charge in [-0.05, 0) is 20.6 Å². The van der Waals surface area contributed by atoms with Gasteiger partial charge in [0.15, 0.2) is 0 Å². The Balaban J connectivity index is 5.13. The van der Waals surface area contributed by atoms with Crippen LogP contribution in [-0.4, -0.2) is 39.3 Å². The molecule has 6 atom stereocenters. The first kappa shape index (κ1) is 17.6. The standard InChI is InChI=1S/C15H26BO3P/c1-6-7-8-12(3)15(19-20(5)16)13(4)14(18)11(2)9-10-17/h6-8,10-15,18H,1,9H2,2-5H3/b8-7-/t11-,12-,13-,14+,15-,20?/m0/s1/i18T. The molecule has 3 nitrogen and oxygen atoms in total. The smallest absolute Gasteiger partial charge is 0.210 e. The number of rotatable bonds is 11. The molecule has 0 rings (SSSR count). The molecule has 0 aliphatic carbocycles. The summed E-state index contributed by atoms with van der Waals surface area (Å²) in [6.07, 6.45) is 6.24. The molecule has 0 amide bonds. The highest BCUT2D eigenvalue weighted by atomic mass is 31.1. The van der Waals surface area contributed by atoms with E-state index in [1.165, 1.54) is 0 Å². The van der Waals surface area contributed by atoms with Gasteiger partial charge in [-0.25, -0.2) is 0 Å². The maximum Gasteiger partial charge on any atom is 0.210 e. The van der Waals surface area contributed by atoms with Gasteiger partial charge >= 0.3 is 0 Å². The lowest BCUT2D eigenvalue weighted by Crippen LogP contribution is -2.38. The lowest BCUT2D eigenvalue weighted by atomic mass is 9.83. The fourth-order valence-electron chi connectivity index (χ4n) is 2.22. The maximum atomic E-state index is 10.7. The third-order valence-electron chi connectivity index (χ3n) is 3.42. The largest absolute Gasteiger partial charge is 0.392 e. The highest BCUT2D eigenvalue weighted by Crippen LogP contribution is 2.35. The topological polar surface area (TPSA) is 46.5 Å². The summed E-state index contributed by atoms with van der Waals surface area (Å²) < 4.78 is 13.2. The van der Waals surface area contributed by atoms with Crippen LogP contribution in [0.3, 0.4) is 0 Å². The molecule has 2 radical (unpaired) electrons. The number of hydrogen-bond donors (Lipinski definition) is 1. The van der Waals surface area contributed by atoms with Crippen molar-refractivity contribution >= 4 is 21.9 Å². The predicted molar refractivity (Wildman–Crippen MR) is 87.0 cm³/mol. The van der Waals surface area contributed by atoms with Crippen LogP contribution in [-0.2, 0) is 9.32 Å². The number of aldehydes is 1. The second-order valence-corrected chi connectivity index (χ2v) is 6.60. The second-order valence-electron chi connectivity index (χ2n) is 5.30. The van der Waals surface area contributed by atoms with Crippen molar-refractivity contribution in [2.75, 3.05) is 6.66 Å². The molecule has 0 fully saturated rings. The third kappa shape index (κ3) is 6.83. The first-order chi connectivity index (χ1) is 9.88. The molecule has 5 heteroatoms. The molecule has 0 spiro atoms. The Morgan fingerprint density at radius 1 is 1.50 bits per heavy atom. The zero-order valence-electron chi connectivity index (χ0n) is 13.9. The molecule has 0 saturated carbocycles. The van der Waals surface area contributed by atoms with Gasteiger partial charge in [0.25, 0.3) is 0 Å². The number of carbonyl (C=O) groups excluding carboxylic acids is 1. The van der Waals surface area contributed by atoms with Crippen molar-refractivity contribution in [3.05, 3.63) is 24.8 Å². The lowest BCUT2D eigenvalue weighted by molar-refractivity contribution is -0.110. The van der Waals surface area contributed by atoms with Gasteiger partial charge in [0, 0.05) is 18.3 Å². The average Bonchev–Trinajstić information content (AvgIpc) is 2.42. The molecule has 0 aliphatic heterocycles. The van der Waals surface area contributed by atoms with Crippen LogP contribution < -0.4 is 0 Å². The number of carbonyl (C=O) groups is 1. The Labute approximate surface area is 127 Å². The van der Waals surface area contributed by atoms with Crippen LogP contribution in [0.4, 0.5) is 0 Å². The molecule has 0 aromatic heterocycles. The summed E-state index contributed by atoms with van der Waals surface area (Å²) in [4.78, 5) is 10.7. The number of aliphatic hydroxyl groups excluding tert-OH is 1. The lowest BCUT2D eigenvalue weighted by Gasteiger charge is -2.34. The molecule has 112 valence electrons. The Bertz CT molecular complexity index is 339. The van der Waals surface area contributed by atoms with Crippen LogP contribution in [0.1, 0.15) is 27.2 Å². The van der Waals surface area contributed by atoms with E-state index >= 15 is 0 Å². The van der Waals surface area contributed by atoms with Crippen molar-refractivity contribution in [3.8, 4) is 0 Å². The minimum absolute atomic E-state index is 0.0439. The van der Waals surface area contributed by atoms with Gasteiger partial charge < -0.3 is 14.4 Å². The highest BCUT2D eigenvalue weighted by molar-refractivity contribution is 7.77. The summed E-state index contributed by atoms with van der Waals surface area (Å²) in [5.41, 5.74) is 0. The van der Waals surface area contributed by atoms with E-state index in [0.717, 1.165) is 6.29 Å². The van der Waals surface area contributed by atoms with Gasteiger partial charge in [-0.3, -0.25) is 0 Å². The summed E-state index contributed by atoms with van der Waals surface area (Å²) in [5, 5.41) is 4.88. The summed E-state index contributed by atoms with van der Waals surface area (Å²) in [5.74, 6) is 0.000499. The average molecular weight is 298 g/mol. The SMILES string of the molecule is [3H]O[C@@H]([C@H](C)[C@@H](OP([B])C)[C@@H](C)/C=C\C=C)[C@@H](C)CC=O. The minimum Gasteiger partial charge on any atom is -0.392 e. The van der Waals surface area contributed by atoms with Gasteiger partial charge in [0.1, 0.15) is 13.9 Å². The fraction of sp³-hybridized carbons (Fsp3) is 0.667. The van der Waals surface area contributed by atoms with Crippen LogP contribution >= 0.6 is 8.03 Å². The van der Waals surface area contributed by atoms with Crippen molar-refractivity contribution < 1.29 is 14.4 Å². The Morgan fingerprint density at radius 2 is 2.15 bits per heavy atom. The van der Waals surface area contributed by atoms with Gasteiger partial charge in [0.05, 0.1) is 12.2 Å². The van der Waals surface area contributed by atoms with Gasteiger partial charge in [-0.15, -0.1) is 0 Å². The molecular weight excluding hydrogens is 270 g/mol. The monoisotopic (exact) mass is 298 g/mol. The quantitative estimate of drug-likeness (QED) is 0.276. The first-order valence-electron chi connectivity index (χ1n) is 7.29. The second kappa shape index (κ2) is 10.3. The van der Waals surface area contributed by atoms with Gasteiger partial charge in [-0.1, -0.05) is 45.6 Å².